The first-order valence-electron chi connectivity index (χ1n) is 28.2. The zero-order valence-corrected chi connectivity index (χ0v) is 47.9. The first-order valence-corrected chi connectivity index (χ1v) is 28.2. The summed E-state index contributed by atoms with van der Waals surface area (Å²) in [5.41, 5.74) is 17.6. The number of hydroxylamine groups is 2. The van der Waals surface area contributed by atoms with Gasteiger partial charge in [0.15, 0.2) is 12.4 Å². The van der Waals surface area contributed by atoms with Gasteiger partial charge in [-0.25, -0.2) is 19.0 Å². The van der Waals surface area contributed by atoms with Gasteiger partial charge < -0.3 is 72.1 Å². The minimum Gasteiger partial charge on any atom is -0.445 e. The van der Waals surface area contributed by atoms with Crippen molar-refractivity contribution in [2.45, 2.75) is 117 Å². The number of H-pyrrole nitrogens is 1. The number of unbranched alkanes of at least 4 members (excludes halogenated alkanes) is 2. The molecule has 1 fully saturated rings. The van der Waals surface area contributed by atoms with E-state index in [-0.39, 0.29) is 71.2 Å². The Morgan fingerprint density at radius 2 is 1.45 bits per heavy atom. The summed E-state index contributed by atoms with van der Waals surface area (Å²) in [4.78, 5) is 108. The monoisotopic (exact) mass is 1150 g/mol. The molecule has 0 radical (unpaired) electrons. The molecule has 2 aromatic heterocycles. The zero-order chi connectivity index (χ0) is 59.7. The number of fused-ring (bicyclic) bond motifs is 4. The van der Waals surface area contributed by atoms with Crippen molar-refractivity contribution in [2.75, 3.05) is 64.6 Å². The van der Waals surface area contributed by atoms with Crippen LogP contribution in [-0.2, 0) is 65.7 Å². The van der Waals surface area contributed by atoms with E-state index in [9.17, 15) is 38.4 Å². The number of alkyl carbamates (subject to hydrolysis) is 1. The van der Waals surface area contributed by atoms with Crippen molar-refractivity contribution in [2.24, 2.45) is 17.4 Å². The normalized spacial score (nSPS) is 13.3. The minimum absolute atomic E-state index is 0.00736. The van der Waals surface area contributed by atoms with E-state index in [1.807, 2.05) is 0 Å². The second-order valence-electron chi connectivity index (χ2n) is 20.6. The highest BCUT2D eigenvalue weighted by Gasteiger charge is 2.33. The molecule has 0 aliphatic carbocycles. The summed E-state index contributed by atoms with van der Waals surface area (Å²) >= 11 is 0. The lowest BCUT2D eigenvalue weighted by atomic mass is 9.97. The summed E-state index contributed by atoms with van der Waals surface area (Å²) in [6.45, 7) is 10.7. The van der Waals surface area contributed by atoms with Crippen LogP contribution in [0.3, 0.4) is 0 Å². The van der Waals surface area contributed by atoms with Crippen molar-refractivity contribution in [1.29, 1.82) is 0 Å². The number of hydrogen-bond donors (Lipinski definition) is 9. The Kier molecular flexibility index (Phi) is 25.3. The summed E-state index contributed by atoms with van der Waals surface area (Å²) in [5, 5.41) is 22.1. The number of benzene rings is 3. The molecule has 0 bridgehead atoms. The van der Waals surface area contributed by atoms with E-state index in [0.29, 0.717) is 67.6 Å². The van der Waals surface area contributed by atoms with Gasteiger partial charge in [-0.2, -0.15) is 0 Å². The molecule has 3 heterocycles. The van der Waals surface area contributed by atoms with E-state index in [1.54, 1.807) is 44.3 Å². The number of nitrogens with two attached hydrogens (primary N) is 2. The summed E-state index contributed by atoms with van der Waals surface area (Å²) in [6, 6.07) is 14.5. The third kappa shape index (κ3) is 20.2. The summed E-state index contributed by atoms with van der Waals surface area (Å²) in [7, 11) is 0. The standard InChI is InChI=1S/C59H79N11O13/c1-38(2)54(68-49(71)37-81-33-32-80-31-30-79-29-26-62-34-42(60)12-10-16-52(74)83-70-50(72)21-22-51(70)73)57(76)67-48(15-11-25-63-58(61)77)56(75)65-43-19-17-41(18-20-43)36-82-59(78)64-24-8-5-9-27-69-28-23-44-40(4)55-53(39(3)46(44)35-69)45-13-6-7-14-47(45)66-55/h6-7,13-14,17-20,23,28,34-35,38,48,54,62H,5,8-12,15-16,21-22,24-27,29-33,36-37,60H2,1-4H3,(H7,61,63,64,65,67,68,71,75,76,77,78)/p+1/b42-34-. The predicted molar refractivity (Wildman–Crippen MR) is 309 cm³/mol. The number of ether oxygens (including phenoxy) is 4. The quantitative estimate of drug-likeness (QED) is 0.0151. The van der Waals surface area contributed by atoms with E-state index in [1.165, 1.54) is 38.2 Å². The van der Waals surface area contributed by atoms with Gasteiger partial charge in [0, 0.05) is 90.6 Å². The molecule has 0 spiro atoms. The Morgan fingerprint density at radius 3 is 2.18 bits per heavy atom. The average molecular weight is 1150 g/mol. The van der Waals surface area contributed by atoms with Crippen LogP contribution in [0.4, 0.5) is 15.3 Å². The second-order valence-corrected chi connectivity index (χ2v) is 20.6. The maximum absolute atomic E-state index is 13.6. The Bertz CT molecular complexity index is 3060. The highest BCUT2D eigenvalue weighted by atomic mass is 16.7. The van der Waals surface area contributed by atoms with Crippen LogP contribution in [0.5, 0.6) is 0 Å². The molecule has 83 heavy (non-hydrogen) atoms. The van der Waals surface area contributed by atoms with Crippen LogP contribution in [-0.4, -0.2) is 129 Å². The number of para-hydroxylation sites is 1. The van der Waals surface area contributed by atoms with E-state index < -0.39 is 59.7 Å². The fourth-order valence-corrected chi connectivity index (χ4v) is 9.34. The molecule has 24 heteroatoms. The van der Waals surface area contributed by atoms with Crippen LogP contribution in [0.25, 0.3) is 32.6 Å². The van der Waals surface area contributed by atoms with Gasteiger partial charge in [-0.1, -0.05) is 44.2 Å². The number of carbonyl (C=O) groups excluding carboxylic acids is 8. The fourth-order valence-electron chi connectivity index (χ4n) is 9.34. The Balaban J connectivity index is 0.825. The number of urea groups is 1. The number of amides is 8. The molecular weight excluding hydrogens is 1070 g/mol. The molecular formula is C59H80N11O13+. The number of rotatable bonds is 35. The van der Waals surface area contributed by atoms with Gasteiger partial charge in [0.1, 0.15) is 31.8 Å². The molecule has 1 aliphatic heterocycles. The highest BCUT2D eigenvalue weighted by Crippen LogP contribution is 2.36. The summed E-state index contributed by atoms with van der Waals surface area (Å²) in [5.74, 6) is -3.78. The van der Waals surface area contributed by atoms with Crippen LogP contribution < -0.4 is 47.9 Å². The van der Waals surface area contributed by atoms with E-state index >= 15 is 0 Å². The number of hydrogen-bond acceptors (Lipinski definition) is 15. The van der Waals surface area contributed by atoms with Crippen LogP contribution in [0.2, 0.25) is 0 Å². The molecule has 448 valence electrons. The molecule has 0 saturated carbocycles. The number of anilines is 1. The number of nitrogens with zero attached hydrogens (tertiary/aromatic N) is 2. The Hall–Kier alpha value is -8.35. The number of pyridine rings is 1. The van der Waals surface area contributed by atoms with Crippen molar-refractivity contribution in [1.82, 2.24) is 36.6 Å². The van der Waals surface area contributed by atoms with Gasteiger partial charge in [-0.3, -0.25) is 24.0 Å². The van der Waals surface area contributed by atoms with Crippen molar-refractivity contribution in [3.8, 4) is 0 Å². The number of primary amides is 1. The number of imide groups is 1. The minimum atomic E-state index is -1.05. The molecule has 2 unspecified atom stereocenters. The molecule has 24 nitrogen and oxygen atoms in total. The van der Waals surface area contributed by atoms with Crippen molar-refractivity contribution in [3.63, 3.8) is 0 Å². The van der Waals surface area contributed by atoms with Crippen LogP contribution in [0.15, 0.2) is 78.9 Å². The van der Waals surface area contributed by atoms with Gasteiger partial charge in [-0.05, 0) is 98.6 Å². The molecule has 1 saturated heterocycles. The van der Waals surface area contributed by atoms with Crippen molar-refractivity contribution in [3.05, 3.63) is 95.6 Å². The van der Waals surface area contributed by atoms with Gasteiger partial charge in [0.05, 0.1) is 38.6 Å². The number of allylic oxidation sites excluding steroid dienone is 1. The first kappa shape index (κ1) is 63.8. The second kappa shape index (κ2) is 32.9. The molecule has 3 aromatic carbocycles. The van der Waals surface area contributed by atoms with E-state index in [2.05, 4.69) is 98.0 Å². The van der Waals surface area contributed by atoms with Gasteiger partial charge in [0.2, 0.25) is 17.7 Å². The van der Waals surface area contributed by atoms with E-state index in [4.69, 9.17) is 35.3 Å². The number of nitrogens with one attached hydrogen (secondary N) is 7. The summed E-state index contributed by atoms with van der Waals surface area (Å²) in [6.07, 6.45) is 9.35. The lowest BCUT2D eigenvalue weighted by molar-refractivity contribution is -0.696. The fraction of sp³-hybridized carbons (Fsp3) is 0.475. The van der Waals surface area contributed by atoms with E-state index in [0.717, 1.165) is 31.3 Å². The smallest absolute Gasteiger partial charge is 0.407 e. The molecule has 5 aromatic rings. The van der Waals surface area contributed by atoms with Gasteiger partial charge in [-0.15, -0.1) is 5.06 Å². The molecule has 8 amide bonds. The zero-order valence-electron chi connectivity index (χ0n) is 47.9. The highest BCUT2D eigenvalue weighted by molar-refractivity contribution is 6.16. The summed E-state index contributed by atoms with van der Waals surface area (Å²) < 4.78 is 24.2. The van der Waals surface area contributed by atoms with Crippen molar-refractivity contribution >= 4 is 85.9 Å². The topological polar surface area (TPSA) is 330 Å². The number of aryl methyl sites for hydroxylation is 3. The third-order valence-electron chi connectivity index (χ3n) is 13.8. The van der Waals surface area contributed by atoms with Gasteiger partial charge in [0.25, 0.3) is 11.8 Å². The van der Waals surface area contributed by atoms with Crippen LogP contribution in [0, 0.1) is 19.8 Å². The first-order chi connectivity index (χ1) is 40.0. The third-order valence-corrected chi connectivity index (χ3v) is 13.8. The SMILES string of the molecule is Cc1c2cc[n+](CCCCCNC(=O)OCc3ccc(NC(=O)C(CCCNC(N)=O)NC(=O)C(NC(=O)COCCOCCOCCN/C=C(\N)CCCC(=O)ON4C(=O)CCC4=O)C(C)C)cc3)cc2c(C)c2c1[nH]c1ccccc12. The van der Waals surface area contributed by atoms with Crippen molar-refractivity contribution < 1.29 is 66.7 Å². The maximum atomic E-state index is 13.6. The van der Waals surface area contributed by atoms with Gasteiger partial charge >= 0.3 is 18.1 Å². The Labute approximate surface area is 482 Å². The van der Waals surface area contributed by atoms with Crippen LogP contribution in [0.1, 0.15) is 94.7 Å². The molecule has 6 rings (SSSR count). The number of aromatic amines is 1. The number of carbonyl (C=O) groups is 8. The lowest BCUT2D eigenvalue weighted by Gasteiger charge is -2.25. The molecule has 2 atom stereocenters. The predicted octanol–water partition coefficient (Wildman–Crippen LogP) is 4.70. The average Bonchev–Trinajstić information content (AvgIpc) is 2.18. The largest absolute Gasteiger partial charge is 0.445 e. The Morgan fingerprint density at radius 1 is 0.735 bits per heavy atom. The number of aromatic nitrogens is 2. The molecule has 11 N–H and O–H groups in total. The maximum Gasteiger partial charge on any atom is 0.407 e. The lowest BCUT2D eigenvalue weighted by Crippen LogP contribution is -2.55. The molecule has 1 aliphatic rings. The van der Waals surface area contributed by atoms with Crippen LogP contribution >= 0.6 is 0 Å².